The molecule has 0 fully saturated rings. The second-order valence-corrected chi connectivity index (χ2v) is 5.26. The quantitative estimate of drug-likeness (QED) is 0.937. The smallest absolute Gasteiger partial charge is 0.230 e. The van der Waals surface area contributed by atoms with Crippen LogP contribution in [-0.2, 0) is 11.4 Å². The van der Waals surface area contributed by atoms with Crippen LogP contribution in [0.25, 0.3) is 0 Å². The van der Waals surface area contributed by atoms with Crippen molar-refractivity contribution < 1.29 is 9.90 Å². The van der Waals surface area contributed by atoms with Gasteiger partial charge in [-0.15, -0.1) is 11.3 Å². The van der Waals surface area contributed by atoms with Crippen molar-refractivity contribution in [2.45, 2.75) is 27.4 Å². The van der Waals surface area contributed by atoms with Crippen LogP contribution in [0.2, 0.25) is 0 Å². The number of hydrogen-bond donors (Lipinski definition) is 1. The van der Waals surface area contributed by atoms with Gasteiger partial charge in [-0.25, -0.2) is 4.98 Å². The number of aryl methyl sites for hydroxylation is 2. The van der Waals surface area contributed by atoms with E-state index in [1.807, 2.05) is 32.0 Å². The Morgan fingerprint density at radius 3 is 2.68 bits per heavy atom. The molecule has 19 heavy (non-hydrogen) atoms. The summed E-state index contributed by atoms with van der Waals surface area (Å²) in [5.41, 5.74) is 3.59. The zero-order chi connectivity index (χ0) is 14.0. The normalized spacial score (nSPS) is 10.5. The number of nitrogens with zero attached hydrogens (tertiary/aromatic N) is 2. The molecule has 0 spiro atoms. The average molecular weight is 276 g/mol. The molecular weight excluding hydrogens is 260 g/mol. The summed E-state index contributed by atoms with van der Waals surface area (Å²) < 4.78 is 0. The van der Waals surface area contributed by atoms with Crippen LogP contribution in [0.15, 0.2) is 23.6 Å². The van der Waals surface area contributed by atoms with E-state index in [0.29, 0.717) is 10.8 Å². The maximum atomic E-state index is 11.9. The highest BCUT2D eigenvalue weighted by Crippen LogP contribution is 2.31. The number of carbonyl (C=O) groups is 1. The number of amides is 1. The summed E-state index contributed by atoms with van der Waals surface area (Å²) in [7, 11) is 0. The summed E-state index contributed by atoms with van der Waals surface area (Å²) in [5, 5.41) is 11.4. The van der Waals surface area contributed by atoms with Crippen LogP contribution >= 0.6 is 11.3 Å². The molecular formula is C14H16N2O2S. The first-order chi connectivity index (χ1) is 9.02. The summed E-state index contributed by atoms with van der Waals surface area (Å²) in [4.78, 5) is 17.8. The van der Waals surface area contributed by atoms with Crippen molar-refractivity contribution in [2.75, 3.05) is 4.90 Å². The highest BCUT2D eigenvalue weighted by Gasteiger charge is 2.19. The van der Waals surface area contributed by atoms with Gasteiger partial charge in [0, 0.05) is 12.3 Å². The van der Waals surface area contributed by atoms with E-state index in [9.17, 15) is 4.79 Å². The Balaban J connectivity index is 2.48. The summed E-state index contributed by atoms with van der Waals surface area (Å²) in [6.07, 6.45) is 0. The molecule has 1 N–H and O–H groups in total. The van der Waals surface area contributed by atoms with E-state index >= 15 is 0 Å². The molecule has 0 saturated heterocycles. The van der Waals surface area contributed by atoms with Gasteiger partial charge in [0.1, 0.15) is 0 Å². The Bertz CT molecular complexity index is 607. The van der Waals surface area contributed by atoms with Crippen molar-refractivity contribution in [1.82, 2.24) is 4.98 Å². The van der Waals surface area contributed by atoms with Gasteiger partial charge >= 0.3 is 0 Å². The lowest BCUT2D eigenvalue weighted by molar-refractivity contribution is -0.115. The first-order valence-electron chi connectivity index (χ1n) is 5.96. The Kier molecular flexibility index (Phi) is 3.97. The molecule has 0 saturated carbocycles. The van der Waals surface area contributed by atoms with Gasteiger partial charge in [0.15, 0.2) is 5.13 Å². The molecule has 0 aliphatic carbocycles. The van der Waals surface area contributed by atoms with Crippen molar-refractivity contribution in [2.24, 2.45) is 0 Å². The van der Waals surface area contributed by atoms with Crippen LogP contribution in [0.5, 0.6) is 0 Å². The SMILES string of the molecule is CC(=O)N(c1nc(CO)cs1)c1ccc(C)cc1C. The lowest BCUT2D eigenvalue weighted by atomic mass is 10.1. The van der Waals surface area contributed by atoms with Gasteiger partial charge in [0.2, 0.25) is 5.91 Å². The third kappa shape index (κ3) is 2.83. The van der Waals surface area contributed by atoms with Crippen LogP contribution in [0, 0.1) is 13.8 Å². The molecule has 4 nitrogen and oxygen atoms in total. The number of hydrogen-bond acceptors (Lipinski definition) is 4. The molecule has 0 unspecified atom stereocenters. The van der Waals surface area contributed by atoms with Crippen LogP contribution in [0.3, 0.4) is 0 Å². The van der Waals surface area contributed by atoms with Gasteiger partial charge in [-0.05, 0) is 25.5 Å². The molecule has 2 aromatic rings. The van der Waals surface area contributed by atoms with E-state index in [0.717, 1.165) is 16.8 Å². The lowest BCUT2D eigenvalue weighted by Crippen LogP contribution is -2.23. The first kappa shape index (κ1) is 13.7. The summed E-state index contributed by atoms with van der Waals surface area (Å²) in [6.45, 7) is 5.38. The van der Waals surface area contributed by atoms with Crippen molar-refractivity contribution in [3.63, 3.8) is 0 Å². The van der Waals surface area contributed by atoms with Crippen LogP contribution < -0.4 is 4.90 Å². The van der Waals surface area contributed by atoms with Gasteiger partial charge in [-0.3, -0.25) is 9.69 Å². The van der Waals surface area contributed by atoms with E-state index in [4.69, 9.17) is 5.11 Å². The van der Waals surface area contributed by atoms with Crippen molar-refractivity contribution >= 4 is 28.1 Å². The Hall–Kier alpha value is -1.72. The molecule has 1 heterocycles. The van der Waals surface area contributed by atoms with Crippen molar-refractivity contribution in [3.05, 3.63) is 40.4 Å². The van der Waals surface area contributed by atoms with Gasteiger partial charge in [-0.2, -0.15) is 0 Å². The molecule has 0 radical (unpaired) electrons. The van der Waals surface area contributed by atoms with Crippen molar-refractivity contribution in [1.29, 1.82) is 0 Å². The predicted octanol–water partition coefficient (Wildman–Crippen LogP) is 2.94. The number of carbonyl (C=O) groups excluding carboxylic acids is 1. The van der Waals surface area contributed by atoms with E-state index in [2.05, 4.69) is 4.98 Å². The third-order valence-corrected chi connectivity index (χ3v) is 3.68. The molecule has 0 bridgehead atoms. The highest BCUT2D eigenvalue weighted by molar-refractivity contribution is 7.14. The molecule has 5 heteroatoms. The van der Waals surface area contributed by atoms with E-state index in [1.54, 1.807) is 10.3 Å². The largest absolute Gasteiger partial charge is 0.390 e. The van der Waals surface area contributed by atoms with Gasteiger partial charge in [-0.1, -0.05) is 17.7 Å². The van der Waals surface area contributed by atoms with E-state index in [1.165, 1.54) is 18.3 Å². The van der Waals surface area contributed by atoms with E-state index < -0.39 is 0 Å². The topological polar surface area (TPSA) is 53.4 Å². The maximum absolute atomic E-state index is 11.9. The molecule has 1 amide bonds. The van der Waals surface area contributed by atoms with Gasteiger partial charge < -0.3 is 5.11 Å². The van der Waals surface area contributed by atoms with Gasteiger partial charge in [0.05, 0.1) is 18.0 Å². The molecule has 1 aromatic heterocycles. The number of rotatable bonds is 3. The van der Waals surface area contributed by atoms with Gasteiger partial charge in [0.25, 0.3) is 0 Å². The number of anilines is 2. The monoisotopic (exact) mass is 276 g/mol. The van der Waals surface area contributed by atoms with E-state index in [-0.39, 0.29) is 12.5 Å². The summed E-state index contributed by atoms with van der Waals surface area (Å²) >= 11 is 1.35. The minimum atomic E-state index is -0.116. The number of thiazole rings is 1. The fourth-order valence-electron chi connectivity index (χ4n) is 1.94. The van der Waals surface area contributed by atoms with Crippen molar-refractivity contribution in [3.8, 4) is 0 Å². The number of aliphatic hydroxyl groups excluding tert-OH is 1. The first-order valence-corrected chi connectivity index (χ1v) is 6.84. The van der Waals surface area contributed by atoms with Crippen LogP contribution in [-0.4, -0.2) is 16.0 Å². The molecule has 0 aliphatic rings. The number of benzene rings is 1. The number of aromatic nitrogens is 1. The molecule has 2 rings (SSSR count). The second kappa shape index (κ2) is 5.50. The highest BCUT2D eigenvalue weighted by atomic mass is 32.1. The summed E-state index contributed by atoms with van der Waals surface area (Å²) in [6, 6.07) is 5.93. The minimum Gasteiger partial charge on any atom is -0.390 e. The zero-order valence-corrected chi connectivity index (χ0v) is 12.0. The fraction of sp³-hybridized carbons (Fsp3) is 0.286. The third-order valence-electron chi connectivity index (χ3n) is 2.80. The average Bonchev–Trinajstić information content (AvgIpc) is 2.80. The Labute approximate surface area is 116 Å². The minimum absolute atomic E-state index is 0.0919. The fourth-order valence-corrected chi connectivity index (χ4v) is 2.81. The Morgan fingerprint density at radius 1 is 1.42 bits per heavy atom. The molecule has 0 aliphatic heterocycles. The second-order valence-electron chi connectivity index (χ2n) is 4.42. The molecule has 1 aromatic carbocycles. The zero-order valence-electron chi connectivity index (χ0n) is 11.2. The summed E-state index contributed by atoms with van der Waals surface area (Å²) in [5.74, 6) is -0.0919. The van der Waals surface area contributed by atoms with Crippen LogP contribution in [0.4, 0.5) is 10.8 Å². The standard InChI is InChI=1S/C14H16N2O2S/c1-9-4-5-13(10(2)6-9)16(11(3)18)14-15-12(7-17)8-19-14/h4-6,8,17H,7H2,1-3H3. The molecule has 0 atom stereocenters. The number of aliphatic hydroxyl groups is 1. The maximum Gasteiger partial charge on any atom is 0.230 e. The predicted molar refractivity (Wildman–Crippen MR) is 76.8 cm³/mol. The molecule has 100 valence electrons. The van der Waals surface area contributed by atoms with Crippen LogP contribution in [0.1, 0.15) is 23.7 Å². The Morgan fingerprint density at radius 2 is 2.16 bits per heavy atom. The lowest BCUT2D eigenvalue weighted by Gasteiger charge is -2.20.